The molecule has 0 saturated heterocycles. The summed E-state index contributed by atoms with van der Waals surface area (Å²) in [4.78, 5) is 11.5. The van der Waals surface area contributed by atoms with Gasteiger partial charge in [-0.25, -0.2) is 0 Å². The highest BCUT2D eigenvalue weighted by atomic mass is 16.7. The first-order valence-electron chi connectivity index (χ1n) is 7.45. The van der Waals surface area contributed by atoms with E-state index in [0.29, 0.717) is 19.1 Å². The van der Waals surface area contributed by atoms with Crippen molar-refractivity contribution < 1.29 is 19.0 Å². The zero-order valence-corrected chi connectivity index (χ0v) is 12.3. The van der Waals surface area contributed by atoms with Gasteiger partial charge in [-0.05, 0) is 36.5 Å². The molecule has 1 aromatic rings. The number of carbonyl (C=O) groups excluding carboxylic acids is 1. The maximum atomic E-state index is 11.5. The van der Waals surface area contributed by atoms with Crippen LogP contribution in [-0.2, 0) is 16.1 Å². The fraction of sp³-hybridized carbons (Fsp3) is 0.562. The first kappa shape index (κ1) is 14.2. The van der Waals surface area contributed by atoms with Gasteiger partial charge < -0.3 is 19.5 Å². The van der Waals surface area contributed by atoms with Crippen molar-refractivity contribution in [3.8, 4) is 11.5 Å². The van der Waals surface area contributed by atoms with Gasteiger partial charge in [-0.2, -0.15) is 0 Å². The standard InChI is InChI=1S/C16H21NO4/c1-19-16(18)8-13(12-3-2-4-12)17-9-11-5-6-14-15(7-11)21-10-20-14/h5-7,12-13,17H,2-4,8-10H2,1H3. The number of nitrogens with one attached hydrogen (secondary N) is 1. The van der Waals surface area contributed by atoms with E-state index < -0.39 is 0 Å². The van der Waals surface area contributed by atoms with Crippen LogP contribution < -0.4 is 14.8 Å². The van der Waals surface area contributed by atoms with Gasteiger partial charge in [-0.3, -0.25) is 4.79 Å². The molecule has 21 heavy (non-hydrogen) atoms. The summed E-state index contributed by atoms with van der Waals surface area (Å²) in [5.74, 6) is 2.02. The number of ether oxygens (including phenoxy) is 3. The van der Waals surface area contributed by atoms with Crippen molar-refractivity contribution in [2.24, 2.45) is 5.92 Å². The smallest absolute Gasteiger partial charge is 0.307 e. The Balaban J connectivity index is 1.59. The van der Waals surface area contributed by atoms with Crippen LogP contribution in [0.5, 0.6) is 11.5 Å². The summed E-state index contributed by atoms with van der Waals surface area (Å²) in [5.41, 5.74) is 1.13. The number of benzene rings is 1. The van der Waals surface area contributed by atoms with Gasteiger partial charge in [0.05, 0.1) is 13.5 Å². The summed E-state index contributed by atoms with van der Waals surface area (Å²) >= 11 is 0. The van der Waals surface area contributed by atoms with Crippen molar-refractivity contribution in [2.45, 2.75) is 38.3 Å². The quantitative estimate of drug-likeness (QED) is 0.815. The minimum Gasteiger partial charge on any atom is -0.469 e. The molecule has 1 aromatic carbocycles. The van der Waals surface area contributed by atoms with Crippen LogP contribution in [0.25, 0.3) is 0 Å². The van der Waals surface area contributed by atoms with Crippen LogP contribution in [0.4, 0.5) is 0 Å². The van der Waals surface area contributed by atoms with Gasteiger partial charge in [-0.15, -0.1) is 0 Å². The fourth-order valence-corrected chi connectivity index (χ4v) is 2.81. The molecular formula is C16H21NO4. The van der Waals surface area contributed by atoms with Gasteiger partial charge in [-0.1, -0.05) is 12.5 Å². The van der Waals surface area contributed by atoms with Gasteiger partial charge >= 0.3 is 5.97 Å². The lowest BCUT2D eigenvalue weighted by Crippen LogP contribution is -2.40. The van der Waals surface area contributed by atoms with E-state index in [9.17, 15) is 4.79 Å². The van der Waals surface area contributed by atoms with E-state index in [2.05, 4.69) is 5.32 Å². The average Bonchev–Trinajstić information content (AvgIpc) is 2.90. The van der Waals surface area contributed by atoms with Crippen LogP contribution in [0.1, 0.15) is 31.2 Å². The van der Waals surface area contributed by atoms with E-state index >= 15 is 0 Å². The van der Waals surface area contributed by atoms with Crippen LogP contribution in [0.3, 0.4) is 0 Å². The van der Waals surface area contributed by atoms with E-state index in [0.717, 1.165) is 23.6 Å². The highest BCUT2D eigenvalue weighted by molar-refractivity contribution is 5.70. The summed E-state index contributed by atoms with van der Waals surface area (Å²) in [6, 6.07) is 6.14. The Morgan fingerprint density at radius 3 is 2.90 bits per heavy atom. The van der Waals surface area contributed by atoms with Crippen LogP contribution >= 0.6 is 0 Å². The second-order valence-corrected chi connectivity index (χ2v) is 5.65. The number of rotatable bonds is 6. The summed E-state index contributed by atoms with van der Waals surface area (Å²) < 4.78 is 15.5. The van der Waals surface area contributed by atoms with Gasteiger partial charge in [0, 0.05) is 12.6 Å². The number of methoxy groups -OCH3 is 1. The first-order valence-corrected chi connectivity index (χ1v) is 7.45. The third-order valence-electron chi connectivity index (χ3n) is 4.34. The molecule has 1 heterocycles. The fourth-order valence-electron chi connectivity index (χ4n) is 2.81. The summed E-state index contributed by atoms with van der Waals surface area (Å²) in [6.45, 7) is 1.01. The van der Waals surface area contributed by atoms with Crippen molar-refractivity contribution in [3.05, 3.63) is 23.8 Å². The predicted octanol–water partition coefficient (Wildman–Crippen LogP) is 2.24. The topological polar surface area (TPSA) is 56.8 Å². The predicted molar refractivity (Wildman–Crippen MR) is 77.2 cm³/mol. The number of hydrogen-bond donors (Lipinski definition) is 1. The van der Waals surface area contributed by atoms with Crippen molar-refractivity contribution in [2.75, 3.05) is 13.9 Å². The van der Waals surface area contributed by atoms with Crippen LogP contribution in [-0.4, -0.2) is 25.9 Å². The van der Waals surface area contributed by atoms with Crippen LogP contribution in [0.2, 0.25) is 0 Å². The molecule has 3 rings (SSSR count). The van der Waals surface area contributed by atoms with E-state index in [1.165, 1.54) is 26.4 Å². The molecule has 5 nitrogen and oxygen atoms in total. The third kappa shape index (κ3) is 3.29. The molecule has 1 fully saturated rings. The second kappa shape index (κ2) is 6.35. The van der Waals surface area contributed by atoms with Gasteiger partial charge in [0.2, 0.25) is 6.79 Å². The van der Waals surface area contributed by atoms with Gasteiger partial charge in [0.15, 0.2) is 11.5 Å². The normalized spacial score (nSPS) is 18.1. The van der Waals surface area contributed by atoms with Crippen molar-refractivity contribution in [3.63, 3.8) is 0 Å². The molecule has 1 aliphatic carbocycles. The molecule has 2 aliphatic rings. The molecule has 114 valence electrons. The van der Waals surface area contributed by atoms with Crippen molar-refractivity contribution in [1.29, 1.82) is 0 Å². The molecule has 1 atom stereocenters. The van der Waals surface area contributed by atoms with Crippen LogP contribution in [0.15, 0.2) is 18.2 Å². The largest absolute Gasteiger partial charge is 0.469 e. The number of esters is 1. The number of hydrogen-bond acceptors (Lipinski definition) is 5. The number of carbonyl (C=O) groups is 1. The molecule has 0 bridgehead atoms. The molecule has 1 aliphatic heterocycles. The average molecular weight is 291 g/mol. The Bertz CT molecular complexity index is 513. The zero-order chi connectivity index (χ0) is 14.7. The molecule has 1 saturated carbocycles. The molecule has 5 heteroatoms. The number of fused-ring (bicyclic) bond motifs is 1. The lowest BCUT2D eigenvalue weighted by molar-refractivity contribution is -0.141. The van der Waals surface area contributed by atoms with Crippen molar-refractivity contribution >= 4 is 5.97 Å². The third-order valence-corrected chi connectivity index (χ3v) is 4.34. The molecule has 0 amide bonds. The highest BCUT2D eigenvalue weighted by Crippen LogP contribution is 2.33. The minimum absolute atomic E-state index is 0.148. The molecule has 1 unspecified atom stereocenters. The Hall–Kier alpha value is -1.75. The zero-order valence-electron chi connectivity index (χ0n) is 12.3. The summed E-state index contributed by atoms with van der Waals surface area (Å²) in [6.07, 6.45) is 4.07. The van der Waals surface area contributed by atoms with Gasteiger partial charge in [0.25, 0.3) is 0 Å². The molecule has 0 radical (unpaired) electrons. The Labute approximate surface area is 124 Å². The first-order chi connectivity index (χ1) is 10.3. The van der Waals surface area contributed by atoms with E-state index in [1.807, 2.05) is 18.2 Å². The molecule has 0 spiro atoms. The minimum atomic E-state index is -0.148. The monoisotopic (exact) mass is 291 g/mol. The lowest BCUT2D eigenvalue weighted by Gasteiger charge is -2.34. The molecule has 0 aromatic heterocycles. The van der Waals surface area contributed by atoms with E-state index in [4.69, 9.17) is 14.2 Å². The van der Waals surface area contributed by atoms with E-state index in [1.54, 1.807) is 0 Å². The molecular weight excluding hydrogens is 270 g/mol. The maximum Gasteiger partial charge on any atom is 0.307 e. The SMILES string of the molecule is COC(=O)CC(NCc1ccc2c(c1)OCO2)C1CCC1. The van der Waals surface area contributed by atoms with Crippen LogP contribution in [0, 0.1) is 5.92 Å². The maximum absolute atomic E-state index is 11.5. The Morgan fingerprint density at radius 1 is 1.38 bits per heavy atom. The summed E-state index contributed by atoms with van der Waals surface area (Å²) in [7, 11) is 1.44. The van der Waals surface area contributed by atoms with E-state index in [-0.39, 0.29) is 12.0 Å². The summed E-state index contributed by atoms with van der Waals surface area (Å²) in [5, 5.41) is 3.50. The van der Waals surface area contributed by atoms with Crippen molar-refractivity contribution in [1.82, 2.24) is 5.32 Å². The molecule has 1 N–H and O–H groups in total. The Kier molecular flexibility index (Phi) is 4.29. The lowest BCUT2D eigenvalue weighted by atomic mass is 9.78. The highest BCUT2D eigenvalue weighted by Gasteiger charge is 2.29. The second-order valence-electron chi connectivity index (χ2n) is 5.65. The Morgan fingerprint density at radius 2 is 2.19 bits per heavy atom. The van der Waals surface area contributed by atoms with Gasteiger partial charge in [0.1, 0.15) is 0 Å².